The third kappa shape index (κ3) is 3.71. The number of carbonyl (C=O) groups is 1. The van der Waals surface area contributed by atoms with E-state index < -0.39 is 0 Å². The molecule has 0 bridgehead atoms. The van der Waals surface area contributed by atoms with E-state index in [1.807, 2.05) is 38.4 Å². The summed E-state index contributed by atoms with van der Waals surface area (Å²) in [5.41, 5.74) is 0. The summed E-state index contributed by atoms with van der Waals surface area (Å²) in [5, 5.41) is 1.04. The molecule has 108 valence electrons. The molecule has 0 aliphatic rings. The first-order valence-electron chi connectivity index (χ1n) is 6.49. The molecular weight excluding hydrogens is 274 g/mol. The Morgan fingerprint density at radius 2 is 2.10 bits per heavy atom. The number of carbonyl (C=O) groups excluding carboxylic acids is 1. The SMILES string of the molecule is COc1ccc2cc(C(=O)OCCCN(C)C)sc2c1. The molecule has 0 unspecified atom stereocenters. The lowest BCUT2D eigenvalue weighted by Gasteiger charge is -2.08. The fourth-order valence-corrected chi connectivity index (χ4v) is 2.84. The molecule has 0 fully saturated rings. The van der Waals surface area contributed by atoms with Gasteiger partial charge in [-0.15, -0.1) is 11.3 Å². The molecule has 20 heavy (non-hydrogen) atoms. The number of esters is 1. The second kappa shape index (κ2) is 6.72. The maximum absolute atomic E-state index is 12.0. The quantitative estimate of drug-likeness (QED) is 0.606. The van der Waals surface area contributed by atoms with Crippen molar-refractivity contribution in [3.8, 4) is 5.75 Å². The number of ether oxygens (including phenoxy) is 2. The number of methoxy groups -OCH3 is 1. The Hall–Kier alpha value is -1.59. The highest BCUT2D eigenvalue weighted by atomic mass is 32.1. The maximum atomic E-state index is 12.0. The first-order chi connectivity index (χ1) is 9.60. The van der Waals surface area contributed by atoms with E-state index in [-0.39, 0.29) is 5.97 Å². The van der Waals surface area contributed by atoms with Gasteiger partial charge >= 0.3 is 5.97 Å². The minimum absolute atomic E-state index is 0.246. The third-order valence-electron chi connectivity index (χ3n) is 2.91. The third-order valence-corrected chi connectivity index (χ3v) is 3.99. The lowest BCUT2D eigenvalue weighted by molar-refractivity contribution is 0.0499. The molecule has 2 rings (SSSR count). The van der Waals surface area contributed by atoms with Crippen LogP contribution in [0.5, 0.6) is 5.75 Å². The lowest BCUT2D eigenvalue weighted by Crippen LogP contribution is -2.16. The molecule has 2 aromatic rings. The smallest absolute Gasteiger partial charge is 0.348 e. The summed E-state index contributed by atoms with van der Waals surface area (Å²) in [6.07, 6.45) is 0.845. The highest BCUT2D eigenvalue weighted by Crippen LogP contribution is 2.29. The summed E-state index contributed by atoms with van der Waals surface area (Å²) in [5.74, 6) is 0.550. The number of hydrogen-bond acceptors (Lipinski definition) is 5. The zero-order chi connectivity index (χ0) is 14.5. The van der Waals surface area contributed by atoms with Crippen LogP contribution in [0.3, 0.4) is 0 Å². The van der Waals surface area contributed by atoms with Crippen molar-refractivity contribution in [3.05, 3.63) is 29.1 Å². The molecule has 1 aromatic heterocycles. The van der Waals surface area contributed by atoms with E-state index in [1.54, 1.807) is 7.11 Å². The minimum Gasteiger partial charge on any atom is -0.497 e. The van der Waals surface area contributed by atoms with Crippen molar-refractivity contribution in [2.75, 3.05) is 34.4 Å². The summed E-state index contributed by atoms with van der Waals surface area (Å²) < 4.78 is 11.5. The summed E-state index contributed by atoms with van der Waals surface area (Å²) in [7, 11) is 5.64. The van der Waals surface area contributed by atoms with Gasteiger partial charge in [0.15, 0.2) is 0 Å². The monoisotopic (exact) mass is 293 g/mol. The van der Waals surface area contributed by atoms with Crippen molar-refractivity contribution in [2.45, 2.75) is 6.42 Å². The predicted molar refractivity (Wildman–Crippen MR) is 81.8 cm³/mol. The molecule has 0 amide bonds. The maximum Gasteiger partial charge on any atom is 0.348 e. The first-order valence-corrected chi connectivity index (χ1v) is 7.31. The van der Waals surface area contributed by atoms with Crippen molar-refractivity contribution in [2.24, 2.45) is 0 Å². The van der Waals surface area contributed by atoms with Gasteiger partial charge in [-0.3, -0.25) is 0 Å². The molecule has 0 saturated carbocycles. The molecule has 0 saturated heterocycles. The van der Waals surface area contributed by atoms with Crippen LogP contribution < -0.4 is 4.74 Å². The number of nitrogens with zero attached hydrogens (tertiary/aromatic N) is 1. The first kappa shape index (κ1) is 14.8. The van der Waals surface area contributed by atoms with Crippen LogP contribution in [0.15, 0.2) is 24.3 Å². The average molecular weight is 293 g/mol. The van der Waals surface area contributed by atoms with Gasteiger partial charge in [0, 0.05) is 11.2 Å². The van der Waals surface area contributed by atoms with E-state index in [0.29, 0.717) is 11.5 Å². The molecule has 0 atom stereocenters. The van der Waals surface area contributed by atoms with E-state index in [2.05, 4.69) is 4.90 Å². The van der Waals surface area contributed by atoms with Crippen LogP contribution in [-0.4, -0.2) is 45.2 Å². The van der Waals surface area contributed by atoms with Crippen molar-refractivity contribution >= 4 is 27.4 Å². The Labute approximate surface area is 122 Å². The van der Waals surface area contributed by atoms with E-state index in [4.69, 9.17) is 9.47 Å². The number of hydrogen-bond donors (Lipinski definition) is 0. The predicted octanol–water partition coefficient (Wildman–Crippen LogP) is 3.02. The van der Waals surface area contributed by atoms with Gasteiger partial charge in [0.25, 0.3) is 0 Å². The van der Waals surface area contributed by atoms with Gasteiger partial charge < -0.3 is 14.4 Å². The van der Waals surface area contributed by atoms with Gasteiger partial charge in [0.1, 0.15) is 10.6 Å². The standard InChI is InChI=1S/C15H19NO3S/c1-16(2)7-4-8-19-15(17)14-9-11-5-6-12(18-3)10-13(11)20-14/h5-6,9-10H,4,7-8H2,1-3H3. The van der Waals surface area contributed by atoms with Crippen LogP contribution in [0.2, 0.25) is 0 Å². The Balaban J connectivity index is 1.99. The zero-order valence-corrected chi connectivity index (χ0v) is 12.8. The van der Waals surface area contributed by atoms with Crippen LogP contribution in [0.4, 0.5) is 0 Å². The average Bonchev–Trinajstić information content (AvgIpc) is 2.85. The topological polar surface area (TPSA) is 38.8 Å². The van der Waals surface area contributed by atoms with Crippen LogP contribution in [0.1, 0.15) is 16.1 Å². The highest BCUT2D eigenvalue weighted by molar-refractivity contribution is 7.20. The van der Waals surface area contributed by atoms with E-state index in [9.17, 15) is 4.79 Å². The van der Waals surface area contributed by atoms with Crippen molar-refractivity contribution in [1.29, 1.82) is 0 Å². The molecule has 0 spiro atoms. The number of thiophene rings is 1. The van der Waals surface area contributed by atoms with Crippen molar-refractivity contribution in [1.82, 2.24) is 4.90 Å². The fraction of sp³-hybridized carbons (Fsp3) is 0.400. The van der Waals surface area contributed by atoms with Crippen LogP contribution in [-0.2, 0) is 4.74 Å². The lowest BCUT2D eigenvalue weighted by atomic mass is 10.2. The van der Waals surface area contributed by atoms with Gasteiger partial charge in [-0.2, -0.15) is 0 Å². The summed E-state index contributed by atoms with van der Waals surface area (Å²) in [6, 6.07) is 7.64. The fourth-order valence-electron chi connectivity index (χ4n) is 1.86. The Morgan fingerprint density at radius 3 is 2.80 bits per heavy atom. The second-order valence-electron chi connectivity index (χ2n) is 4.81. The van der Waals surface area contributed by atoms with E-state index in [0.717, 1.165) is 28.8 Å². The number of fused-ring (bicyclic) bond motifs is 1. The van der Waals surface area contributed by atoms with Crippen molar-refractivity contribution < 1.29 is 14.3 Å². The molecule has 1 aromatic carbocycles. The van der Waals surface area contributed by atoms with Gasteiger partial charge in [-0.1, -0.05) is 0 Å². The zero-order valence-electron chi connectivity index (χ0n) is 12.0. The number of benzene rings is 1. The molecular formula is C15H19NO3S. The molecule has 4 nitrogen and oxygen atoms in total. The number of rotatable bonds is 6. The van der Waals surface area contributed by atoms with Crippen LogP contribution in [0, 0.1) is 0 Å². The summed E-state index contributed by atoms with van der Waals surface area (Å²) in [4.78, 5) is 14.7. The van der Waals surface area contributed by atoms with E-state index in [1.165, 1.54) is 11.3 Å². The second-order valence-corrected chi connectivity index (χ2v) is 5.89. The molecule has 0 radical (unpaired) electrons. The largest absolute Gasteiger partial charge is 0.497 e. The molecule has 0 aliphatic heterocycles. The molecule has 0 N–H and O–H groups in total. The molecule has 5 heteroatoms. The highest BCUT2D eigenvalue weighted by Gasteiger charge is 2.12. The van der Waals surface area contributed by atoms with Gasteiger partial charge in [-0.05, 0) is 50.2 Å². The minimum atomic E-state index is -0.246. The molecule has 1 heterocycles. The Kier molecular flexibility index (Phi) is 4.98. The van der Waals surface area contributed by atoms with Crippen molar-refractivity contribution in [3.63, 3.8) is 0 Å². The Bertz CT molecular complexity index is 592. The Morgan fingerprint density at radius 1 is 1.30 bits per heavy atom. The van der Waals surface area contributed by atoms with Gasteiger partial charge in [-0.25, -0.2) is 4.79 Å². The summed E-state index contributed by atoms with van der Waals surface area (Å²) in [6.45, 7) is 1.37. The van der Waals surface area contributed by atoms with Crippen LogP contribution >= 0.6 is 11.3 Å². The summed E-state index contributed by atoms with van der Waals surface area (Å²) >= 11 is 1.43. The molecule has 0 aliphatic carbocycles. The van der Waals surface area contributed by atoms with Gasteiger partial charge in [0.2, 0.25) is 0 Å². The normalized spacial score (nSPS) is 11.0. The van der Waals surface area contributed by atoms with Crippen LogP contribution in [0.25, 0.3) is 10.1 Å². The van der Waals surface area contributed by atoms with E-state index >= 15 is 0 Å². The van der Waals surface area contributed by atoms with Gasteiger partial charge in [0.05, 0.1) is 13.7 Å².